The predicted molar refractivity (Wildman–Crippen MR) is 71.8 cm³/mol. The van der Waals surface area contributed by atoms with Crippen LogP contribution in [0.25, 0.3) is 0 Å². The molecular weight excluding hydrogens is 303 g/mol. The Kier molecular flexibility index (Phi) is 3.89. The first-order valence-corrected chi connectivity index (χ1v) is 7.32. The van der Waals surface area contributed by atoms with Crippen molar-refractivity contribution in [3.63, 3.8) is 0 Å². The fourth-order valence-electron chi connectivity index (χ4n) is 1.56. The Hall–Kier alpha value is -2.49. The van der Waals surface area contributed by atoms with Gasteiger partial charge in [-0.3, -0.25) is 14.8 Å². The highest BCUT2D eigenvalue weighted by Crippen LogP contribution is 2.23. The summed E-state index contributed by atoms with van der Waals surface area (Å²) >= 11 is 0. The topological polar surface area (TPSA) is 118 Å². The van der Waals surface area contributed by atoms with Crippen LogP contribution in [0.3, 0.4) is 0 Å². The second-order valence-corrected chi connectivity index (χ2v) is 5.73. The largest absolute Gasteiger partial charge is 0.332 e. The number of sulfonamides is 1. The fourth-order valence-corrected chi connectivity index (χ4v) is 2.56. The lowest BCUT2D eigenvalue weighted by Crippen LogP contribution is -2.14. The van der Waals surface area contributed by atoms with E-state index >= 15 is 0 Å². The van der Waals surface area contributed by atoms with Gasteiger partial charge in [-0.25, -0.2) is 9.37 Å². The number of rotatable bonds is 5. The molecule has 0 fully saturated rings. The molecule has 0 radical (unpaired) electrons. The molecule has 0 saturated heterocycles. The van der Waals surface area contributed by atoms with Crippen molar-refractivity contribution >= 4 is 21.4 Å². The fraction of sp³-hybridized carbons (Fsp3) is 0.182. The second kappa shape index (κ2) is 5.48. The first-order chi connectivity index (χ1) is 9.83. The standard InChI is InChI=1S/C11H11FN4O4S/c1-2-10-13-6-11(14-10)21(19,20)15-9-5-7(16(17)18)3-4-8(9)12/h3-6,15H,2H2,1H3,(H,13,14). The van der Waals surface area contributed by atoms with Crippen LogP contribution < -0.4 is 4.72 Å². The average Bonchev–Trinajstić information content (AvgIpc) is 2.90. The molecule has 0 bridgehead atoms. The van der Waals surface area contributed by atoms with Crippen molar-refractivity contribution in [3.05, 3.63) is 46.2 Å². The van der Waals surface area contributed by atoms with Gasteiger partial charge in [-0.1, -0.05) is 6.92 Å². The molecule has 8 nitrogen and oxygen atoms in total. The summed E-state index contributed by atoms with van der Waals surface area (Å²) in [7, 11) is -4.10. The molecule has 0 saturated carbocycles. The van der Waals surface area contributed by atoms with E-state index in [2.05, 4.69) is 9.97 Å². The van der Waals surface area contributed by atoms with Crippen LogP contribution in [0.5, 0.6) is 0 Å². The number of nitrogens with one attached hydrogen (secondary N) is 2. The number of aromatic amines is 1. The number of aryl methyl sites for hydroxylation is 1. The van der Waals surface area contributed by atoms with Gasteiger partial charge in [-0.2, -0.15) is 8.42 Å². The van der Waals surface area contributed by atoms with E-state index in [0.29, 0.717) is 12.2 Å². The highest BCUT2D eigenvalue weighted by molar-refractivity contribution is 7.92. The van der Waals surface area contributed by atoms with Crippen molar-refractivity contribution in [2.75, 3.05) is 4.72 Å². The van der Waals surface area contributed by atoms with Gasteiger partial charge in [0, 0.05) is 18.6 Å². The predicted octanol–water partition coefficient (Wildman–Crippen LogP) is 1.82. The highest BCUT2D eigenvalue weighted by Gasteiger charge is 2.20. The number of non-ortho nitro benzene ring substituents is 1. The lowest BCUT2D eigenvalue weighted by atomic mass is 10.3. The van der Waals surface area contributed by atoms with Gasteiger partial charge in [-0.05, 0) is 6.07 Å². The van der Waals surface area contributed by atoms with Gasteiger partial charge in [0.1, 0.15) is 11.6 Å². The van der Waals surface area contributed by atoms with Crippen LogP contribution in [0.1, 0.15) is 12.7 Å². The number of H-pyrrole nitrogens is 1. The number of halogens is 1. The SMILES string of the molecule is CCc1ncc(S(=O)(=O)Nc2cc([N+](=O)[O-])ccc2F)[nH]1. The van der Waals surface area contributed by atoms with Crippen molar-refractivity contribution in [1.82, 2.24) is 9.97 Å². The van der Waals surface area contributed by atoms with E-state index in [1.807, 2.05) is 4.72 Å². The van der Waals surface area contributed by atoms with E-state index < -0.39 is 32.1 Å². The van der Waals surface area contributed by atoms with Crippen LogP contribution in [0.15, 0.2) is 29.4 Å². The molecule has 1 aromatic heterocycles. The number of anilines is 1. The first kappa shape index (κ1) is 14.9. The van der Waals surface area contributed by atoms with E-state index in [1.165, 1.54) is 0 Å². The quantitative estimate of drug-likeness (QED) is 0.644. The maximum absolute atomic E-state index is 13.6. The molecule has 0 aliphatic heterocycles. The van der Waals surface area contributed by atoms with Crippen LogP contribution in [0.4, 0.5) is 15.8 Å². The van der Waals surface area contributed by atoms with E-state index in [1.54, 1.807) is 6.92 Å². The van der Waals surface area contributed by atoms with Crippen molar-refractivity contribution in [1.29, 1.82) is 0 Å². The molecule has 0 unspecified atom stereocenters. The molecule has 2 aromatic rings. The smallest absolute Gasteiger partial charge is 0.279 e. The summed E-state index contributed by atoms with van der Waals surface area (Å²) in [5.74, 6) is -0.464. The zero-order valence-electron chi connectivity index (χ0n) is 10.8. The zero-order valence-corrected chi connectivity index (χ0v) is 11.6. The maximum atomic E-state index is 13.6. The molecule has 2 rings (SSSR count). The van der Waals surface area contributed by atoms with Gasteiger partial charge in [-0.15, -0.1) is 0 Å². The van der Waals surface area contributed by atoms with Crippen LogP contribution in [-0.4, -0.2) is 23.3 Å². The van der Waals surface area contributed by atoms with Gasteiger partial charge >= 0.3 is 0 Å². The van der Waals surface area contributed by atoms with E-state index in [0.717, 1.165) is 24.4 Å². The Morgan fingerprint density at radius 3 is 2.76 bits per heavy atom. The molecule has 21 heavy (non-hydrogen) atoms. The third-order valence-electron chi connectivity index (χ3n) is 2.63. The van der Waals surface area contributed by atoms with Crippen LogP contribution in [-0.2, 0) is 16.4 Å². The summed E-state index contributed by atoms with van der Waals surface area (Å²) in [5, 5.41) is 10.4. The Bertz CT molecular complexity index is 787. The van der Waals surface area contributed by atoms with Gasteiger partial charge in [0.05, 0.1) is 16.8 Å². The summed E-state index contributed by atoms with van der Waals surface area (Å²) in [6.45, 7) is 1.78. The molecule has 2 N–H and O–H groups in total. The summed E-state index contributed by atoms with van der Waals surface area (Å²) < 4.78 is 39.6. The molecule has 0 atom stereocenters. The number of aromatic nitrogens is 2. The number of nitro groups is 1. The summed E-state index contributed by atoms with van der Waals surface area (Å²) in [6, 6.07) is 2.57. The third-order valence-corrected chi connectivity index (χ3v) is 3.91. The van der Waals surface area contributed by atoms with Crippen LogP contribution in [0, 0.1) is 15.9 Å². The summed E-state index contributed by atoms with van der Waals surface area (Å²) in [5.41, 5.74) is -0.926. The number of hydrogen-bond acceptors (Lipinski definition) is 5. The lowest BCUT2D eigenvalue weighted by Gasteiger charge is -2.07. The number of benzene rings is 1. The molecule has 0 spiro atoms. The van der Waals surface area contributed by atoms with Crippen molar-refractivity contribution < 1.29 is 17.7 Å². The highest BCUT2D eigenvalue weighted by atomic mass is 32.2. The first-order valence-electron chi connectivity index (χ1n) is 5.84. The van der Waals surface area contributed by atoms with E-state index in [4.69, 9.17) is 0 Å². The van der Waals surface area contributed by atoms with E-state index in [9.17, 15) is 22.9 Å². The Morgan fingerprint density at radius 1 is 1.48 bits per heavy atom. The van der Waals surface area contributed by atoms with E-state index in [-0.39, 0.29) is 5.03 Å². The number of hydrogen-bond donors (Lipinski definition) is 2. The molecule has 1 heterocycles. The second-order valence-electron chi connectivity index (χ2n) is 4.07. The molecule has 112 valence electrons. The minimum Gasteiger partial charge on any atom is -0.332 e. The Balaban J connectivity index is 2.36. The number of nitrogens with zero attached hydrogens (tertiary/aromatic N) is 2. The minimum absolute atomic E-state index is 0.245. The Morgan fingerprint density at radius 2 is 2.19 bits per heavy atom. The molecule has 0 aliphatic carbocycles. The lowest BCUT2D eigenvalue weighted by molar-refractivity contribution is -0.384. The molecule has 10 heteroatoms. The molecular formula is C11H11FN4O4S. The summed E-state index contributed by atoms with van der Waals surface area (Å²) in [4.78, 5) is 16.3. The maximum Gasteiger partial charge on any atom is 0.279 e. The van der Waals surface area contributed by atoms with Crippen molar-refractivity contribution in [2.24, 2.45) is 0 Å². The molecule has 1 aromatic carbocycles. The van der Waals surface area contributed by atoms with Gasteiger partial charge in [0.15, 0.2) is 5.03 Å². The number of nitro benzene ring substituents is 1. The average molecular weight is 314 g/mol. The van der Waals surface area contributed by atoms with Crippen molar-refractivity contribution in [2.45, 2.75) is 18.4 Å². The Labute approximate surface area is 119 Å². The molecule has 0 amide bonds. The minimum atomic E-state index is -4.10. The summed E-state index contributed by atoms with van der Waals surface area (Å²) in [6.07, 6.45) is 1.59. The normalized spacial score (nSPS) is 11.3. The molecule has 0 aliphatic rings. The number of imidazole rings is 1. The zero-order chi connectivity index (χ0) is 15.6. The monoisotopic (exact) mass is 314 g/mol. The van der Waals surface area contributed by atoms with Gasteiger partial charge in [0.2, 0.25) is 0 Å². The van der Waals surface area contributed by atoms with Crippen molar-refractivity contribution in [3.8, 4) is 0 Å². The van der Waals surface area contributed by atoms with Crippen LogP contribution >= 0.6 is 0 Å². The van der Waals surface area contributed by atoms with Crippen LogP contribution in [0.2, 0.25) is 0 Å². The van der Waals surface area contributed by atoms with Gasteiger partial charge in [0.25, 0.3) is 15.7 Å². The van der Waals surface area contributed by atoms with Gasteiger partial charge < -0.3 is 4.98 Å². The third kappa shape index (κ3) is 3.16.